The maximum Gasteiger partial charge on any atom is 0.230 e. The van der Waals surface area contributed by atoms with Gasteiger partial charge in [0.25, 0.3) is 0 Å². The van der Waals surface area contributed by atoms with E-state index in [0.29, 0.717) is 18.2 Å². The standard InChI is InChI=1S/C21H23N3OS2/c1-14(15-7-3-2-4-8-15)11-22-18(25)12-26-20-19-16-9-5-6-10-17(16)27-21(19)24-13-23-20/h2-4,7-8,13-14H,5-6,9-12H2,1H3,(H,22,25)/t14-/m1/s1. The summed E-state index contributed by atoms with van der Waals surface area (Å²) >= 11 is 3.32. The van der Waals surface area contributed by atoms with Crippen molar-refractivity contribution in [1.29, 1.82) is 0 Å². The van der Waals surface area contributed by atoms with Crippen LogP contribution in [0, 0.1) is 0 Å². The minimum Gasteiger partial charge on any atom is -0.355 e. The molecule has 0 fully saturated rings. The van der Waals surface area contributed by atoms with Gasteiger partial charge in [0.1, 0.15) is 16.2 Å². The number of nitrogens with zero attached hydrogens (tertiary/aromatic N) is 2. The number of hydrogen-bond acceptors (Lipinski definition) is 5. The second-order valence-electron chi connectivity index (χ2n) is 6.97. The van der Waals surface area contributed by atoms with E-state index in [1.165, 1.54) is 46.0 Å². The highest BCUT2D eigenvalue weighted by atomic mass is 32.2. The smallest absolute Gasteiger partial charge is 0.230 e. The number of hydrogen-bond donors (Lipinski definition) is 1. The predicted molar refractivity (Wildman–Crippen MR) is 113 cm³/mol. The lowest BCUT2D eigenvalue weighted by Crippen LogP contribution is -2.29. The number of aromatic nitrogens is 2. The van der Waals surface area contributed by atoms with Crippen molar-refractivity contribution >= 4 is 39.2 Å². The van der Waals surface area contributed by atoms with Crippen molar-refractivity contribution in [3.05, 3.63) is 52.7 Å². The predicted octanol–water partition coefficient (Wildman–Crippen LogP) is 4.58. The molecule has 1 amide bonds. The third-order valence-electron chi connectivity index (χ3n) is 5.03. The molecular weight excluding hydrogens is 374 g/mol. The number of fused-ring (bicyclic) bond motifs is 3. The maximum atomic E-state index is 12.3. The number of thioether (sulfide) groups is 1. The number of nitrogens with one attached hydrogen (secondary N) is 1. The van der Waals surface area contributed by atoms with Gasteiger partial charge in [0, 0.05) is 16.8 Å². The highest BCUT2D eigenvalue weighted by molar-refractivity contribution is 8.00. The van der Waals surface area contributed by atoms with Gasteiger partial charge >= 0.3 is 0 Å². The van der Waals surface area contributed by atoms with Crippen LogP contribution in [0.4, 0.5) is 0 Å². The van der Waals surface area contributed by atoms with Crippen LogP contribution < -0.4 is 5.32 Å². The molecule has 0 saturated heterocycles. The normalized spacial score (nSPS) is 14.7. The molecule has 0 saturated carbocycles. The molecule has 1 aromatic carbocycles. The summed E-state index contributed by atoms with van der Waals surface area (Å²) in [6.45, 7) is 2.78. The third kappa shape index (κ3) is 4.17. The summed E-state index contributed by atoms with van der Waals surface area (Å²) in [6.07, 6.45) is 6.38. The van der Waals surface area contributed by atoms with Gasteiger partial charge in [0.2, 0.25) is 5.91 Å². The number of carbonyl (C=O) groups is 1. The summed E-state index contributed by atoms with van der Waals surface area (Å²) in [7, 11) is 0. The van der Waals surface area contributed by atoms with Crippen molar-refractivity contribution in [3.63, 3.8) is 0 Å². The van der Waals surface area contributed by atoms with Crippen molar-refractivity contribution in [2.24, 2.45) is 0 Å². The zero-order valence-corrected chi connectivity index (χ0v) is 17.0. The summed E-state index contributed by atoms with van der Waals surface area (Å²) in [5.41, 5.74) is 2.66. The first-order chi connectivity index (χ1) is 13.2. The lowest BCUT2D eigenvalue weighted by atomic mass is 9.97. The van der Waals surface area contributed by atoms with Gasteiger partial charge in [-0.05, 0) is 42.7 Å². The summed E-state index contributed by atoms with van der Waals surface area (Å²) in [6, 6.07) is 10.3. The molecule has 2 aromatic heterocycles. The van der Waals surface area contributed by atoms with Gasteiger partial charge in [-0.15, -0.1) is 11.3 Å². The summed E-state index contributed by atoms with van der Waals surface area (Å²) in [5.74, 6) is 0.742. The molecule has 0 aliphatic heterocycles. The van der Waals surface area contributed by atoms with Crippen molar-refractivity contribution in [2.75, 3.05) is 12.3 Å². The second kappa shape index (κ2) is 8.40. The molecule has 140 valence electrons. The van der Waals surface area contributed by atoms with Gasteiger partial charge in [0.05, 0.1) is 5.75 Å². The summed E-state index contributed by atoms with van der Waals surface area (Å²) in [5, 5.41) is 5.19. The third-order valence-corrected chi connectivity index (χ3v) is 7.22. The molecule has 1 aliphatic carbocycles. The Balaban J connectivity index is 1.38. The lowest BCUT2D eigenvalue weighted by Gasteiger charge is -2.13. The molecule has 0 bridgehead atoms. The van der Waals surface area contributed by atoms with E-state index in [4.69, 9.17) is 0 Å². The molecule has 0 unspecified atom stereocenters. The summed E-state index contributed by atoms with van der Waals surface area (Å²) in [4.78, 5) is 23.8. The first-order valence-corrected chi connectivity index (χ1v) is 11.2. The number of aryl methyl sites for hydroxylation is 2. The van der Waals surface area contributed by atoms with Crippen molar-refractivity contribution < 1.29 is 4.79 Å². The van der Waals surface area contributed by atoms with Gasteiger partial charge in [-0.3, -0.25) is 4.79 Å². The second-order valence-corrected chi connectivity index (χ2v) is 9.02. The topological polar surface area (TPSA) is 54.9 Å². The monoisotopic (exact) mass is 397 g/mol. The van der Waals surface area contributed by atoms with E-state index >= 15 is 0 Å². The Hall–Kier alpha value is -1.92. The highest BCUT2D eigenvalue weighted by Crippen LogP contribution is 2.39. The SMILES string of the molecule is C[C@H](CNC(=O)CSc1ncnc2sc3c(c12)CCCC3)c1ccccc1. The van der Waals surface area contributed by atoms with Crippen LogP contribution in [0.2, 0.25) is 0 Å². The fourth-order valence-corrected chi connectivity index (χ4v) is 5.67. The fourth-order valence-electron chi connectivity index (χ4n) is 3.52. The zero-order chi connectivity index (χ0) is 18.6. The first-order valence-electron chi connectivity index (χ1n) is 9.42. The van der Waals surface area contributed by atoms with Gasteiger partial charge in [-0.1, -0.05) is 49.0 Å². The van der Waals surface area contributed by atoms with Crippen LogP contribution in [0.1, 0.15) is 41.7 Å². The molecule has 6 heteroatoms. The molecule has 0 radical (unpaired) electrons. The molecule has 2 heterocycles. The number of amides is 1. The molecule has 1 aliphatic rings. The Kier molecular flexibility index (Phi) is 5.74. The van der Waals surface area contributed by atoms with Crippen molar-refractivity contribution in [3.8, 4) is 0 Å². The van der Waals surface area contributed by atoms with E-state index in [9.17, 15) is 4.79 Å². The van der Waals surface area contributed by atoms with Gasteiger partial charge in [-0.2, -0.15) is 0 Å². The van der Waals surface area contributed by atoms with E-state index < -0.39 is 0 Å². The highest BCUT2D eigenvalue weighted by Gasteiger charge is 2.20. The van der Waals surface area contributed by atoms with Crippen LogP contribution in [0.25, 0.3) is 10.2 Å². The van der Waals surface area contributed by atoms with Crippen LogP contribution in [0.15, 0.2) is 41.7 Å². The molecule has 0 spiro atoms. The minimum absolute atomic E-state index is 0.0543. The molecule has 1 N–H and O–H groups in total. The molecule has 4 nitrogen and oxygen atoms in total. The quantitative estimate of drug-likeness (QED) is 0.488. The number of carbonyl (C=O) groups excluding carboxylic acids is 1. The van der Waals surface area contributed by atoms with Crippen LogP contribution in [0.3, 0.4) is 0 Å². The average molecular weight is 398 g/mol. The molecule has 27 heavy (non-hydrogen) atoms. The number of rotatable bonds is 6. The molecule has 4 rings (SSSR count). The Morgan fingerprint density at radius 3 is 2.89 bits per heavy atom. The minimum atomic E-state index is 0.0543. The Bertz CT molecular complexity index is 939. The van der Waals surface area contributed by atoms with Crippen LogP contribution in [-0.4, -0.2) is 28.2 Å². The zero-order valence-electron chi connectivity index (χ0n) is 15.4. The molecule has 3 aromatic rings. The van der Waals surface area contributed by atoms with Crippen LogP contribution in [0.5, 0.6) is 0 Å². The van der Waals surface area contributed by atoms with Gasteiger partial charge in [0.15, 0.2) is 0 Å². The Labute approximate surface area is 167 Å². The number of thiophene rings is 1. The van der Waals surface area contributed by atoms with Crippen molar-refractivity contribution in [1.82, 2.24) is 15.3 Å². The Morgan fingerprint density at radius 2 is 2.04 bits per heavy atom. The van der Waals surface area contributed by atoms with E-state index in [1.807, 2.05) is 18.2 Å². The molecular formula is C21H23N3OS2. The summed E-state index contributed by atoms with van der Waals surface area (Å²) < 4.78 is 0. The number of benzene rings is 1. The van der Waals surface area contributed by atoms with E-state index in [-0.39, 0.29) is 5.91 Å². The van der Waals surface area contributed by atoms with E-state index in [2.05, 4.69) is 34.3 Å². The fraction of sp³-hybridized carbons (Fsp3) is 0.381. The average Bonchev–Trinajstić information content (AvgIpc) is 3.10. The van der Waals surface area contributed by atoms with E-state index in [1.54, 1.807) is 17.7 Å². The van der Waals surface area contributed by atoms with Gasteiger partial charge < -0.3 is 5.32 Å². The van der Waals surface area contributed by atoms with Gasteiger partial charge in [-0.25, -0.2) is 9.97 Å². The molecule has 1 atom stereocenters. The van der Waals surface area contributed by atoms with Crippen LogP contribution >= 0.6 is 23.1 Å². The lowest BCUT2D eigenvalue weighted by molar-refractivity contribution is -0.118. The largest absolute Gasteiger partial charge is 0.355 e. The maximum absolute atomic E-state index is 12.3. The van der Waals surface area contributed by atoms with Crippen LogP contribution in [-0.2, 0) is 17.6 Å². The van der Waals surface area contributed by atoms with E-state index in [0.717, 1.165) is 22.7 Å². The van der Waals surface area contributed by atoms with Crippen molar-refractivity contribution in [2.45, 2.75) is 43.6 Å². The first kappa shape index (κ1) is 18.4. The Morgan fingerprint density at radius 1 is 1.22 bits per heavy atom.